The van der Waals surface area contributed by atoms with E-state index in [9.17, 15) is 0 Å². The van der Waals surface area contributed by atoms with E-state index in [4.69, 9.17) is 5.26 Å². The Labute approximate surface area is 107 Å². The van der Waals surface area contributed by atoms with Crippen molar-refractivity contribution in [3.05, 3.63) is 53.7 Å². The van der Waals surface area contributed by atoms with E-state index in [1.165, 1.54) is 5.56 Å². The third kappa shape index (κ3) is 1.69. The van der Waals surface area contributed by atoms with Crippen molar-refractivity contribution in [1.82, 2.24) is 4.98 Å². The van der Waals surface area contributed by atoms with Gasteiger partial charge in [0.2, 0.25) is 0 Å². The number of rotatable bonds is 2. The zero-order valence-corrected chi connectivity index (χ0v) is 10.4. The molecular weight excluding hydrogens is 220 g/mol. The average molecular weight is 234 g/mol. The molecule has 0 saturated heterocycles. The number of hydrogen-bond donors (Lipinski definition) is 0. The maximum atomic E-state index is 9.16. The topological polar surface area (TPSA) is 36.7 Å². The van der Waals surface area contributed by atoms with E-state index in [1.807, 2.05) is 30.5 Å². The van der Waals surface area contributed by atoms with E-state index < -0.39 is 0 Å². The zero-order valence-electron chi connectivity index (χ0n) is 10.4. The first-order chi connectivity index (χ1) is 8.75. The van der Waals surface area contributed by atoms with Crippen LogP contribution in [0.1, 0.15) is 24.0 Å². The molecule has 1 aromatic carbocycles. The van der Waals surface area contributed by atoms with Gasteiger partial charge in [0.25, 0.3) is 0 Å². The van der Waals surface area contributed by atoms with Gasteiger partial charge in [-0.05, 0) is 37.0 Å². The Balaban J connectivity index is 1.98. The van der Waals surface area contributed by atoms with Gasteiger partial charge in [0, 0.05) is 11.8 Å². The van der Waals surface area contributed by atoms with Crippen molar-refractivity contribution in [2.24, 2.45) is 0 Å². The van der Waals surface area contributed by atoms with Crippen LogP contribution >= 0.6 is 0 Å². The van der Waals surface area contributed by atoms with Crippen molar-refractivity contribution in [2.45, 2.75) is 25.2 Å². The Morgan fingerprint density at radius 3 is 2.50 bits per heavy atom. The summed E-state index contributed by atoms with van der Waals surface area (Å²) in [6.07, 6.45) is 3.79. The summed E-state index contributed by atoms with van der Waals surface area (Å²) in [5.41, 5.74) is 4.18. The van der Waals surface area contributed by atoms with Gasteiger partial charge in [0.1, 0.15) is 0 Å². The van der Waals surface area contributed by atoms with Gasteiger partial charge in [-0.2, -0.15) is 5.26 Å². The first-order valence-electron chi connectivity index (χ1n) is 6.19. The van der Waals surface area contributed by atoms with Crippen molar-refractivity contribution in [3.63, 3.8) is 0 Å². The van der Waals surface area contributed by atoms with Crippen LogP contribution in [0.2, 0.25) is 0 Å². The normalized spacial score (nSPS) is 16.0. The lowest BCUT2D eigenvalue weighted by atomic mass is 9.98. The van der Waals surface area contributed by atoms with E-state index in [2.05, 4.69) is 30.1 Å². The Morgan fingerprint density at radius 2 is 1.94 bits per heavy atom. The Bertz CT molecular complexity index is 616. The first-order valence-corrected chi connectivity index (χ1v) is 6.19. The minimum absolute atomic E-state index is 0.239. The number of benzene rings is 1. The second-order valence-corrected chi connectivity index (χ2v) is 4.94. The van der Waals surface area contributed by atoms with Crippen LogP contribution in [-0.4, -0.2) is 4.98 Å². The number of nitrogens with zero attached hydrogens (tertiary/aromatic N) is 2. The molecule has 0 bridgehead atoms. The molecule has 1 aromatic heterocycles. The fourth-order valence-corrected chi connectivity index (χ4v) is 2.29. The van der Waals surface area contributed by atoms with Crippen LogP contribution in [0.5, 0.6) is 0 Å². The molecule has 2 aromatic rings. The second-order valence-electron chi connectivity index (χ2n) is 4.94. The molecule has 0 aliphatic heterocycles. The molecule has 1 heterocycles. The van der Waals surface area contributed by atoms with Gasteiger partial charge >= 0.3 is 0 Å². The summed E-state index contributed by atoms with van der Waals surface area (Å²) in [6.45, 7) is 2.09. The summed E-state index contributed by atoms with van der Waals surface area (Å²) in [5.74, 6) is 0. The van der Waals surface area contributed by atoms with Crippen molar-refractivity contribution < 1.29 is 0 Å². The first kappa shape index (κ1) is 11.0. The zero-order chi connectivity index (χ0) is 12.6. The van der Waals surface area contributed by atoms with Crippen molar-refractivity contribution in [1.29, 1.82) is 5.26 Å². The maximum absolute atomic E-state index is 9.16. The van der Waals surface area contributed by atoms with Crippen LogP contribution < -0.4 is 0 Å². The summed E-state index contributed by atoms with van der Waals surface area (Å²) < 4.78 is 0. The third-order valence-corrected chi connectivity index (χ3v) is 3.70. The molecule has 0 unspecified atom stereocenters. The van der Waals surface area contributed by atoms with Crippen LogP contribution in [0.3, 0.4) is 0 Å². The highest BCUT2D eigenvalue weighted by Gasteiger charge is 2.45. The molecule has 0 N–H and O–H groups in total. The number of hydrogen-bond acceptors (Lipinski definition) is 2. The predicted octanol–water partition coefficient (Wildman–Crippen LogP) is 3.61. The van der Waals surface area contributed by atoms with E-state index in [-0.39, 0.29) is 5.41 Å². The third-order valence-electron chi connectivity index (χ3n) is 3.70. The number of pyridine rings is 1. The molecule has 1 saturated carbocycles. The SMILES string of the molecule is Cc1ccccc1-c1ccc(C2(C#N)CC2)cn1. The highest BCUT2D eigenvalue weighted by atomic mass is 14.7. The fraction of sp³-hybridized carbons (Fsp3) is 0.250. The summed E-state index contributed by atoms with van der Waals surface area (Å²) in [4.78, 5) is 4.51. The maximum Gasteiger partial charge on any atom is 0.0838 e. The molecule has 2 nitrogen and oxygen atoms in total. The fourth-order valence-electron chi connectivity index (χ4n) is 2.29. The molecule has 3 rings (SSSR count). The van der Waals surface area contributed by atoms with Gasteiger partial charge in [-0.15, -0.1) is 0 Å². The molecule has 2 heteroatoms. The number of aryl methyl sites for hydroxylation is 1. The van der Waals surface area contributed by atoms with Crippen LogP contribution in [-0.2, 0) is 5.41 Å². The highest BCUT2D eigenvalue weighted by Crippen LogP contribution is 2.47. The Hall–Kier alpha value is -2.14. The largest absolute Gasteiger partial charge is 0.256 e. The minimum atomic E-state index is -0.239. The van der Waals surface area contributed by atoms with E-state index in [1.54, 1.807) is 0 Å². The molecule has 88 valence electrons. The average Bonchev–Trinajstić information content (AvgIpc) is 3.21. The molecule has 0 spiro atoms. The van der Waals surface area contributed by atoms with Crippen LogP contribution in [0, 0.1) is 18.3 Å². The van der Waals surface area contributed by atoms with E-state index in [0.29, 0.717) is 0 Å². The number of aromatic nitrogens is 1. The van der Waals surface area contributed by atoms with Crippen LogP contribution in [0.4, 0.5) is 0 Å². The Kier molecular flexibility index (Phi) is 2.41. The lowest BCUT2D eigenvalue weighted by Crippen LogP contribution is -2.03. The summed E-state index contributed by atoms with van der Waals surface area (Å²) >= 11 is 0. The number of nitriles is 1. The Morgan fingerprint density at radius 1 is 1.17 bits per heavy atom. The van der Waals surface area contributed by atoms with Gasteiger partial charge in [0.15, 0.2) is 0 Å². The van der Waals surface area contributed by atoms with Crippen molar-refractivity contribution in [3.8, 4) is 17.3 Å². The highest BCUT2D eigenvalue weighted by molar-refractivity contribution is 5.63. The second kappa shape index (κ2) is 3.96. The summed E-state index contributed by atoms with van der Waals surface area (Å²) in [7, 11) is 0. The molecule has 1 aliphatic rings. The standard InChI is InChI=1S/C16H14N2/c1-12-4-2-3-5-14(12)15-7-6-13(10-18-15)16(11-17)8-9-16/h2-7,10H,8-9H2,1H3. The lowest BCUT2D eigenvalue weighted by Gasteiger charge is -2.08. The molecule has 1 aliphatic carbocycles. The lowest BCUT2D eigenvalue weighted by molar-refractivity contribution is 0.898. The van der Waals surface area contributed by atoms with Gasteiger partial charge in [-0.1, -0.05) is 30.3 Å². The summed E-state index contributed by atoms with van der Waals surface area (Å²) in [6, 6.07) is 14.7. The predicted molar refractivity (Wildman–Crippen MR) is 70.9 cm³/mol. The van der Waals surface area contributed by atoms with Crippen LogP contribution in [0.15, 0.2) is 42.6 Å². The smallest absolute Gasteiger partial charge is 0.0838 e. The molecule has 18 heavy (non-hydrogen) atoms. The van der Waals surface area contributed by atoms with Crippen molar-refractivity contribution in [2.75, 3.05) is 0 Å². The molecule has 0 amide bonds. The minimum Gasteiger partial charge on any atom is -0.256 e. The monoisotopic (exact) mass is 234 g/mol. The van der Waals surface area contributed by atoms with Gasteiger partial charge < -0.3 is 0 Å². The molecule has 0 radical (unpaired) electrons. The van der Waals surface area contributed by atoms with Crippen LogP contribution in [0.25, 0.3) is 11.3 Å². The van der Waals surface area contributed by atoms with E-state index >= 15 is 0 Å². The molecule has 0 atom stereocenters. The van der Waals surface area contributed by atoms with Gasteiger partial charge in [0.05, 0.1) is 17.2 Å². The molecule has 1 fully saturated rings. The van der Waals surface area contributed by atoms with Gasteiger partial charge in [-0.3, -0.25) is 4.98 Å². The molecular formula is C16H14N2. The van der Waals surface area contributed by atoms with E-state index in [0.717, 1.165) is 29.7 Å². The van der Waals surface area contributed by atoms with Crippen molar-refractivity contribution >= 4 is 0 Å². The quantitative estimate of drug-likeness (QED) is 0.795. The van der Waals surface area contributed by atoms with Gasteiger partial charge in [-0.25, -0.2) is 0 Å². The summed E-state index contributed by atoms with van der Waals surface area (Å²) in [5, 5.41) is 9.16.